The van der Waals surface area contributed by atoms with Gasteiger partial charge in [0.1, 0.15) is 5.69 Å². The molecule has 2 aromatic carbocycles. The number of H-pyrrole nitrogens is 1. The maximum absolute atomic E-state index is 12.6. The lowest BCUT2D eigenvalue weighted by molar-refractivity contribution is -0.384. The molecule has 3 rings (SSSR count). The number of nitro groups is 1. The standard InChI is InChI=1S/C21H21N3O6/c1-13-20(15-5-3-4-6-16(15)23-13)19(25)12-30-21(26)14-7-8-17(22-9-10-29-2)18(11-14)24(27)28/h3-8,11,22-23H,9-10,12H2,1-2H3. The van der Waals surface area contributed by atoms with Gasteiger partial charge in [-0.2, -0.15) is 0 Å². The number of aromatic amines is 1. The largest absolute Gasteiger partial charge is 0.454 e. The van der Waals surface area contributed by atoms with E-state index < -0.39 is 17.5 Å². The Bertz CT molecular complexity index is 1110. The first-order valence-electron chi connectivity index (χ1n) is 9.21. The number of esters is 1. The first-order valence-corrected chi connectivity index (χ1v) is 9.21. The van der Waals surface area contributed by atoms with Crippen molar-refractivity contribution in [3.8, 4) is 0 Å². The van der Waals surface area contributed by atoms with E-state index in [1.807, 2.05) is 24.3 Å². The van der Waals surface area contributed by atoms with E-state index in [0.717, 1.165) is 17.0 Å². The number of Topliss-reactive ketones (excluding diaryl/α,β-unsaturated/α-hetero) is 1. The monoisotopic (exact) mass is 411 g/mol. The third kappa shape index (κ3) is 4.47. The molecule has 9 heteroatoms. The van der Waals surface area contributed by atoms with Crippen molar-refractivity contribution < 1.29 is 24.0 Å². The molecule has 1 aromatic heterocycles. The molecule has 0 aliphatic rings. The van der Waals surface area contributed by atoms with Crippen LogP contribution >= 0.6 is 0 Å². The highest BCUT2D eigenvalue weighted by Gasteiger charge is 2.21. The van der Waals surface area contributed by atoms with Gasteiger partial charge in [0.15, 0.2) is 6.61 Å². The van der Waals surface area contributed by atoms with E-state index in [4.69, 9.17) is 9.47 Å². The highest BCUT2D eigenvalue weighted by Crippen LogP contribution is 2.26. The molecule has 30 heavy (non-hydrogen) atoms. The predicted molar refractivity (Wildman–Crippen MR) is 111 cm³/mol. The van der Waals surface area contributed by atoms with Crippen LogP contribution in [-0.4, -0.2) is 48.5 Å². The Morgan fingerprint density at radius 3 is 2.70 bits per heavy atom. The van der Waals surface area contributed by atoms with E-state index in [9.17, 15) is 19.7 Å². The highest BCUT2D eigenvalue weighted by atomic mass is 16.6. The average Bonchev–Trinajstić information content (AvgIpc) is 3.07. The molecule has 0 atom stereocenters. The summed E-state index contributed by atoms with van der Waals surface area (Å²) in [7, 11) is 1.52. The lowest BCUT2D eigenvalue weighted by Crippen LogP contribution is -2.15. The molecule has 0 aliphatic carbocycles. The maximum atomic E-state index is 12.6. The molecule has 0 radical (unpaired) electrons. The van der Waals surface area contributed by atoms with Crippen molar-refractivity contribution in [3.05, 3.63) is 69.4 Å². The number of carbonyl (C=O) groups excluding carboxylic acids is 2. The number of ether oxygens (including phenoxy) is 2. The van der Waals surface area contributed by atoms with Crippen molar-refractivity contribution >= 4 is 34.0 Å². The Morgan fingerprint density at radius 2 is 1.97 bits per heavy atom. The van der Waals surface area contributed by atoms with Crippen molar-refractivity contribution in [2.24, 2.45) is 0 Å². The van der Waals surface area contributed by atoms with E-state index in [0.29, 0.717) is 24.4 Å². The zero-order valence-electron chi connectivity index (χ0n) is 16.6. The van der Waals surface area contributed by atoms with Crippen LogP contribution in [0.4, 0.5) is 11.4 Å². The molecule has 156 valence electrons. The second-order valence-corrected chi connectivity index (χ2v) is 6.58. The van der Waals surface area contributed by atoms with Crippen LogP contribution in [0.2, 0.25) is 0 Å². The number of benzene rings is 2. The number of carbonyl (C=O) groups is 2. The van der Waals surface area contributed by atoms with Gasteiger partial charge in [0.05, 0.1) is 17.1 Å². The van der Waals surface area contributed by atoms with Gasteiger partial charge in [-0.25, -0.2) is 4.79 Å². The van der Waals surface area contributed by atoms with E-state index >= 15 is 0 Å². The fourth-order valence-electron chi connectivity index (χ4n) is 3.17. The predicted octanol–water partition coefficient (Wildman–Crippen LogP) is 3.48. The molecule has 0 unspecified atom stereocenters. The number of nitrogens with zero attached hydrogens (tertiary/aromatic N) is 1. The Balaban J connectivity index is 1.72. The molecule has 0 saturated heterocycles. The summed E-state index contributed by atoms with van der Waals surface area (Å²) in [5, 5.41) is 15.0. The molecule has 0 fully saturated rings. The van der Waals surface area contributed by atoms with Crippen LogP contribution in [0.5, 0.6) is 0 Å². The van der Waals surface area contributed by atoms with Crippen molar-refractivity contribution in [1.82, 2.24) is 4.98 Å². The van der Waals surface area contributed by atoms with Crippen molar-refractivity contribution in [2.75, 3.05) is 32.2 Å². The van der Waals surface area contributed by atoms with Crippen molar-refractivity contribution in [2.45, 2.75) is 6.92 Å². The zero-order valence-corrected chi connectivity index (χ0v) is 16.6. The molecular weight excluding hydrogens is 390 g/mol. The normalized spacial score (nSPS) is 10.7. The minimum atomic E-state index is -0.813. The fraction of sp³-hybridized carbons (Fsp3) is 0.238. The van der Waals surface area contributed by atoms with E-state index in [1.165, 1.54) is 19.2 Å². The summed E-state index contributed by atoms with van der Waals surface area (Å²) in [5.74, 6) is -1.17. The molecule has 1 heterocycles. The number of fused-ring (bicyclic) bond motifs is 1. The molecular formula is C21H21N3O6. The SMILES string of the molecule is COCCNc1ccc(C(=O)OCC(=O)c2c(C)[nH]c3ccccc23)cc1[N+](=O)[O-]. The quantitative estimate of drug-likeness (QED) is 0.182. The van der Waals surface area contributed by atoms with Gasteiger partial charge in [-0.05, 0) is 25.1 Å². The lowest BCUT2D eigenvalue weighted by atomic mass is 10.1. The Morgan fingerprint density at radius 1 is 1.20 bits per heavy atom. The molecule has 9 nitrogen and oxygen atoms in total. The minimum Gasteiger partial charge on any atom is -0.454 e. The molecule has 0 bridgehead atoms. The number of nitro benzene ring substituents is 1. The zero-order chi connectivity index (χ0) is 21.7. The number of hydrogen-bond acceptors (Lipinski definition) is 7. The maximum Gasteiger partial charge on any atom is 0.338 e. The topological polar surface area (TPSA) is 124 Å². The first kappa shape index (κ1) is 21.0. The number of aryl methyl sites for hydroxylation is 1. The Labute approximate surface area is 172 Å². The second-order valence-electron chi connectivity index (χ2n) is 6.58. The van der Waals surface area contributed by atoms with Crippen LogP contribution in [0.25, 0.3) is 10.9 Å². The molecule has 0 amide bonds. The van der Waals surface area contributed by atoms with Gasteiger partial charge in [0, 0.05) is 41.9 Å². The second kappa shape index (κ2) is 9.19. The minimum absolute atomic E-state index is 0.0116. The molecule has 0 saturated carbocycles. The van der Waals surface area contributed by atoms with Crippen molar-refractivity contribution in [1.29, 1.82) is 0 Å². The van der Waals surface area contributed by atoms with E-state index in [-0.39, 0.29) is 22.7 Å². The summed E-state index contributed by atoms with van der Waals surface area (Å²) < 4.78 is 10.0. The van der Waals surface area contributed by atoms with Gasteiger partial charge >= 0.3 is 5.97 Å². The number of rotatable bonds is 9. The molecule has 0 aliphatic heterocycles. The van der Waals surface area contributed by atoms with Crippen LogP contribution in [-0.2, 0) is 9.47 Å². The van der Waals surface area contributed by atoms with Crippen LogP contribution in [0.3, 0.4) is 0 Å². The van der Waals surface area contributed by atoms with Crippen LogP contribution in [0.1, 0.15) is 26.4 Å². The number of nitrogens with one attached hydrogen (secondary N) is 2. The van der Waals surface area contributed by atoms with Gasteiger partial charge in [-0.15, -0.1) is 0 Å². The summed E-state index contributed by atoms with van der Waals surface area (Å²) in [4.78, 5) is 38.9. The molecule has 0 spiro atoms. The third-order valence-corrected chi connectivity index (χ3v) is 4.56. The summed E-state index contributed by atoms with van der Waals surface area (Å²) >= 11 is 0. The lowest BCUT2D eigenvalue weighted by Gasteiger charge is -2.09. The number of para-hydroxylation sites is 1. The van der Waals surface area contributed by atoms with E-state index in [1.54, 1.807) is 6.92 Å². The van der Waals surface area contributed by atoms with Gasteiger partial charge in [0.25, 0.3) is 5.69 Å². The number of aromatic nitrogens is 1. The van der Waals surface area contributed by atoms with Crippen LogP contribution in [0.15, 0.2) is 42.5 Å². The fourth-order valence-corrected chi connectivity index (χ4v) is 3.17. The average molecular weight is 411 g/mol. The van der Waals surface area contributed by atoms with Gasteiger partial charge in [0.2, 0.25) is 5.78 Å². The van der Waals surface area contributed by atoms with Gasteiger partial charge in [-0.1, -0.05) is 18.2 Å². The van der Waals surface area contributed by atoms with E-state index in [2.05, 4.69) is 10.3 Å². The molecule has 3 aromatic rings. The van der Waals surface area contributed by atoms with Gasteiger partial charge in [-0.3, -0.25) is 14.9 Å². The third-order valence-electron chi connectivity index (χ3n) is 4.56. The molecule has 2 N–H and O–H groups in total. The summed E-state index contributed by atoms with van der Waals surface area (Å²) in [6, 6.07) is 11.3. The van der Waals surface area contributed by atoms with Crippen molar-refractivity contribution in [3.63, 3.8) is 0 Å². The Hall–Kier alpha value is -3.72. The van der Waals surface area contributed by atoms with Gasteiger partial charge < -0.3 is 19.8 Å². The first-order chi connectivity index (χ1) is 14.4. The number of hydrogen-bond donors (Lipinski definition) is 2. The van der Waals surface area contributed by atoms with Crippen LogP contribution < -0.4 is 5.32 Å². The number of anilines is 1. The van der Waals surface area contributed by atoms with Crippen LogP contribution in [0, 0.1) is 17.0 Å². The Kier molecular flexibility index (Phi) is 6.43. The number of ketones is 1. The number of methoxy groups -OCH3 is 1. The summed E-state index contributed by atoms with van der Waals surface area (Å²) in [5.41, 5.74) is 1.94. The smallest absolute Gasteiger partial charge is 0.338 e. The summed E-state index contributed by atoms with van der Waals surface area (Å²) in [6.45, 7) is 2.05. The highest BCUT2D eigenvalue weighted by molar-refractivity contribution is 6.10. The summed E-state index contributed by atoms with van der Waals surface area (Å²) in [6.07, 6.45) is 0.